The number of hydrogen-bond acceptors (Lipinski definition) is 2. The number of rotatable bonds is 6. The molecule has 0 spiro atoms. The molecule has 0 heterocycles. The van der Waals surface area contributed by atoms with Crippen LogP contribution in [0.5, 0.6) is 0 Å². The van der Waals surface area contributed by atoms with Crippen LogP contribution in [0.2, 0.25) is 0 Å². The molecule has 1 N–H and O–H groups in total. The number of nitrogens with one attached hydrogen (secondary N) is 1. The van der Waals surface area contributed by atoms with Crippen molar-refractivity contribution < 1.29 is 13.2 Å². The van der Waals surface area contributed by atoms with E-state index in [1.165, 1.54) is 12.1 Å². The molecule has 1 aromatic rings. The van der Waals surface area contributed by atoms with Crippen molar-refractivity contribution in [2.75, 3.05) is 12.8 Å². The van der Waals surface area contributed by atoms with Crippen molar-refractivity contribution in [3.63, 3.8) is 0 Å². The molecule has 102 valence electrons. The Morgan fingerprint density at radius 2 is 1.83 bits per heavy atom. The zero-order chi connectivity index (χ0) is 13.6. The van der Waals surface area contributed by atoms with Gasteiger partial charge in [-0.3, -0.25) is 0 Å². The Kier molecular flexibility index (Phi) is 6.02. The maximum atomic E-state index is 12.9. The number of halogens is 3. The molecule has 0 fully saturated rings. The van der Waals surface area contributed by atoms with Gasteiger partial charge in [-0.15, -0.1) is 0 Å². The second-order valence-corrected chi connectivity index (χ2v) is 5.45. The van der Waals surface area contributed by atoms with Crippen LogP contribution in [0.25, 0.3) is 0 Å². The van der Waals surface area contributed by atoms with Crippen LogP contribution >= 0.6 is 11.8 Å². The third kappa shape index (κ3) is 4.90. The first kappa shape index (κ1) is 15.4. The minimum atomic E-state index is -4.26. The lowest BCUT2D eigenvalue weighted by Crippen LogP contribution is -2.35. The quantitative estimate of drug-likeness (QED) is 0.843. The Balaban J connectivity index is 2.64. The van der Waals surface area contributed by atoms with Gasteiger partial charge in [0, 0.05) is 5.25 Å². The SMILES string of the molecule is CSC(C)CCNC(c1ccccc1)C(F)(F)F. The van der Waals surface area contributed by atoms with E-state index >= 15 is 0 Å². The number of alkyl halides is 3. The van der Waals surface area contributed by atoms with Gasteiger partial charge in [0.1, 0.15) is 6.04 Å². The van der Waals surface area contributed by atoms with Gasteiger partial charge in [-0.1, -0.05) is 37.3 Å². The molecular weight excluding hydrogens is 259 g/mol. The maximum Gasteiger partial charge on any atom is 0.407 e. The Labute approximate surface area is 110 Å². The Hall–Kier alpha value is -0.680. The van der Waals surface area contributed by atoms with E-state index in [-0.39, 0.29) is 5.56 Å². The predicted octanol–water partition coefficient (Wildman–Crippen LogP) is 4.02. The van der Waals surface area contributed by atoms with E-state index in [4.69, 9.17) is 0 Å². The molecule has 0 aliphatic carbocycles. The first-order valence-electron chi connectivity index (χ1n) is 5.83. The van der Waals surface area contributed by atoms with E-state index in [0.29, 0.717) is 11.8 Å². The van der Waals surface area contributed by atoms with Gasteiger partial charge < -0.3 is 5.32 Å². The molecule has 1 nitrogen and oxygen atoms in total. The predicted molar refractivity (Wildman–Crippen MR) is 70.8 cm³/mol. The molecule has 0 aromatic heterocycles. The third-order valence-electron chi connectivity index (χ3n) is 2.76. The summed E-state index contributed by atoms with van der Waals surface area (Å²) in [4.78, 5) is 0. The van der Waals surface area contributed by atoms with Crippen molar-refractivity contribution in [3.8, 4) is 0 Å². The van der Waals surface area contributed by atoms with Crippen molar-refractivity contribution in [1.82, 2.24) is 5.32 Å². The standard InChI is InChI=1S/C13H18F3NS/c1-10(18-2)8-9-17-12(13(14,15)16)11-6-4-3-5-7-11/h3-7,10,12,17H,8-9H2,1-2H3. The normalized spacial score (nSPS) is 15.4. The highest BCUT2D eigenvalue weighted by molar-refractivity contribution is 7.99. The molecule has 0 saturated heterocycles. The van der Waals surface area contributed by atoms with E-state index in [0.717, 1.165) is 6.42 Å². The van der Waals surface area contributed by atoms with E-state index in [1.807, 2.05) is 13.2 Å². The lowest BCUT2D eigenvalue weighted by molar-refractivity contribution is -0.157. The van der Waals surface area contributed by atoms with Crippen LogP contribution in [0.15, 0.2) is 30.3 Å². The first-order chi connectivity index (χ1) is 8.45. The number of benzene rings is 1. The maximum absolute atomic E-state index is 12.9. The summed E-state index contributed by atoms with van der Waals surface area (Å²) in [7, 11) is 0. The van der Waals surface area contributed by atoms with Crippen LogP contribution < -0.4 is 5.32 Å². The average molecular weight is 277 g/mol. The molecule has 18 heavy (non-hydrogen) atoms. The minimum Gasteiger partial charge on any atom is -0.302 e. The van der Waals surface area contributed by atoms with Gasteiger partial charge >= 0.3 is 6.18 Å². The summed E-state index contributed by atoms with van der Waals surface area (Å²) < 4.78 is 38.8. The number of thioether (sulfide) groups is 1. The van der Waals surface area contributed by atoms with E-state index < -0.39 is 12.2 Å². The fraction of sp³-hybridized carbons (Fsp3) is 0.538. The van der Waals surface area contributed by atoms with Gasteiger partial charge in [0.15, 0.2) is 0 Å². The second kappa shape index (κ2) is 7.04. The molecule has 1 aromatic carbocycles. The molecule has 0 aliphatic rings. The lowest BCUT2D eigenvalue weighted by atomic mass is 10.1. The van der Waals surface area contributed by atoms with E-state index in [9.17, 15) is 13.2 Å². The van der Waals surface area contributed by atoms with Gasteiger partial charge in [-0.05, 0) is 24.8 Å². The zero-order valence-electron chi connectivity index (χ0n) is 10.5. The van der Waals surface area contributed by atoms with Crippen molar-refractivity contribution in [1.29, 1.82) is 0 Å². The summed E-state index contributed by atoms with van der Waals surface area (Å²) in [6.45, 7) is 2.37. The van der Waals surface area contributed by atoms with E-state index in [2.05, 4.69) is 5.32 Å². The largest absolute Gasteiger partial charge is 0.407 e. The van der Waals surface area contributed by atoms with Crippen LogP contribution in [0.3, 0.4) is 0 Å². The molecule has 2 unspecified atom stereocenters. The molecule has 0 aliphatic heterocycles. The lowest BCUT2D eigenvalue weighted by Gasteiger charge is -2.22. The summed E-state index contributed by atoms with van der Waals surface area (Å²) in [6, 6.07) is 6.40. The van der Waals surface area contributed by atoms with Crippen molar-refractivity contribution in [2.24, 2.45) is 0 Å². The van der Waals surface area contributed by atoms with Crippen LogP contribution in [0, 0.1) is 0 Å². The molecule has 0 amide bonds. The molecule has 0 bridgehead atoms. The second-order valence-electron chi connectivity index (χ2n) is 4.17. The van der Waals surface area contributed by atoms with Crippen LogP contribution in [-0.2, 0) is 0 Å². The van der Waals surface area contributed by atoms with Gasteiger partial charge in [0.25, 0.3) is 0 Å². The van der Waals surface area contributed by atoms with Crippen LogP contribution in [-0.4, -0.2) is 24.2 Å². The number of hydrogen-bond donors (Lipinski definition) is 1. The zero-order valence-corrected chi connectivity index (χ0v) is 11.3. The highest BCUT2D eigenvalue weighted by atomic mass is 32.2. The fourth-order valence-corrected chi connectivity index (χ4v) is 1.97. The minimum absolute atomic E-state index is 0.266. The Morgan fingerprint density at radius 1 is 1.22 bits per heavy atom. The first-order valence-corrected chi connectivity index (χ1v) is 7.11. The molecule has 0 radical (unpaired) electrons. The third-order valence-corrected chi connectivity index (χ3v) is 3.80. The fourth-order valence-electron chi connectivity index (χ4n) is 1.62. The molecular formula is C13H18F3NS. The summed E-state index contributed by atoms with van der Waals surface area (Å²) in [5, 5.41) is 2.97. The monoisotopic (exact) mass is 277 g/mol. The van der Waals surface area contributed by atoms with Crippen LogP contribution in [0.4, 0.5) is 13.2 Å². The van der Waals surface area contributed by atoms with Crippen molar-refractivity contribution >= 4 is 11.8 Å². The molecule has 0 saturated carbocycles. The highest BCUT2D eigenvalue weighted by Gasteiger charge is 2.40. The van der Waals surface area contributed by atoms with Gasteiger partial charge in [0.05, 0.1) is 0 Å². The Bertz CT molecular complexity index is 340. The van der Waals surface area contributed by atoms with Crippen molar-refractivity contribution in [3.05, 3.63) is 35.9 Å². The summed E-state index contributed by atoms with van der Waals surface area (Å²) >= 11 is 1.66. The summed E-state index contributed by atoms with van der Waals surface area (Å²) in [5.74, 6) is 0. The Morgan fingerprint density at radius 3 is 2.33 bits per heavy atom. The molecule has 5 heteroatoms. The van der Waals surface area contributed by atoms with Crippen LogP contribution in [0.1, 0.15) is 24.9 Å². The summed E-state index contributed by atoms with van der Waals surface area (Å²) in [5.41, 5.74) is 0.266. The van der Waals surface area contributed by atoms with Crippen molar-refractivity contribution in [2.45, 2.75) is 30.8 Å². The average Bonchev–Trinajstić information content (AvgIpc) is 2.33. The highest BCUT2D eigenvalue weighted by Crippen LogP contribution is 2.32. The van der Waals surface area contributed by atoms with Gasteiger partial charge in [-0.25, -0.2) is 0 Å². The summed E-state index contributed by atoms with van der Waals surface area (Å²) in [6.07, 6.45) is -1.58. The molecule has 2 atom stereocenters. The topological polar surface area (TPSA) is 12.0 Å². The molecule has 1 rings (SSSR count). The van der Waals surface area contributed by atoms with Gasteiger partial charge in [0.2, 0.25) is 0 Å². The van der Waals surface area contributed by atoms with Gasteiger partial charge in [-0.2, -0.15) is 24.9 Å². The van der Waals surface area contributed by atoms with E-state index in [1.54, 1.807) is 30.0 Å². The smallest absolute Gasteiger partial charge is 0.302 e.